The summed E-state index contributed by atoms with van der Waals surface area (Å²) in [6, 6.07) is 5.28. The van der Waals surface area contributed by atoms with E-state index in [1.54, 1.807) is 10.6 Å². The number of carbonyl (C=O) groups excluding carboxylic acids is 1. The summed E-state index contributed by atoms with van der Waals surface area (Å²) in [6.07, 6.45) is -5.51. The molecule has 0 bridgehead atoms. The average molecular weight is 572 g/mol. The van der Waals surface area contributed by atoms with Crippen molar-refractivity contribution in [2.45, 2.75) is 63.7 Å². The SMILES string of the molecule is C[C@H]1CN(C(=O)OC(C)(C)C(F)(F)F)CCN1c1ncnc2c1c(C1CC1)cn2-c1cccc(OC(F)(F)F)c1. The number of nitrogens with zero attached hydrogens (tertiary/aromatic N) is 5. The molecule has 14 heteroatoms. The number of alkyl halides is 6. The molecule has 2 fully saturated rings. The third-order valence-electron chi connectivity index (χ3n) is 7.12. The van der Waals surface area contributed by atoms with E-state index in [1.165, 1.54) is 29.4 Å². The molecule has 0 unspecified atom stereocenters. The zero-order valence-electron chi connectivity index (χ0n) is 21.9. The van der Waals surface area contributed by atoms with Crippen molar-refractivity contribution in [3.05, 3.63) is 42.4 Å². The molecule has 0 N–H and O–H groups in total. The number of anilines is 1. The molecule has 1 aliphatic carbocycles. The van der Waals surface area contributed by atoms with Gasteiger partial charge in [-0.2, -0.15) is 13.2 Å². The first-order chi connectivity index (χ1) is 18.6. The quantitative estimate of drug-likeness (QED) is 0.341. The lowest BCUT2D eigenvalue weighted by atomic mass is 10.1. The van der Waals surface area contributed by atoms with Crippen LogP contribution >= 0.6 is 0 Å². The van der Waals surface area contributed by atoms with Gasteiger partial charge in [0.05, 0.1) is 11.1 Å². The summed E-state index contributed by atoms with van der Waals surface area (Å²) >= 11 is 0. The third-order valence-corrected chi connectivity index (χ3v) is 7.12. The summed E-state index contributed by atoms with van der Waals surface area (Å²) in [5, 5.41) is 0.744. The first kappa shape index (κ1) is 27.8. The predicted molar refractivity (Wildman–Crippen MR) is 133 cm³/mol. The number of amides is 1. The van der Waals surface area contributed by atoms with Crippen LogP contribution in [0.1, 0.15) is 45.1 Å². The van der Waals surface area contributed by atoms with Crippen LogP contribution in [0, 0.1) is 0 Å². The van der Waals surface area contributed by atoms with Gasteiger partial charge in [0.15, 0.2) is 0 Å². The van der Waals surface area contributed by atoms with E-state index < -0.39 is 24.2 Å². The maximum absolute atomic E-state index is 13.2. The van der Waals surface area contributed by atoms with E-state index in [-0.39, 0.29) is 37.3 Å². The number of ether oxygens (including phenoxy) is 2. The Morgan fingerprint density at radius 1 is 1.05 bits per heavy atom. The molecule has 40 heavy (non-hydrogen) atoms. The monoisotopic (exact) mass is 571 g/mol. The third kappa shape index (κ3) is 5.48. The summed E-state index contributed by atoms with van der Waals surface area (Å²) in [5.41, 5.74) is -0.754. The average Bonchev–Trinajstić information content (AvgIpc) is 3.61. The van der Waals surface area contributed by atoms with E-state index in [1.807, 2.05) is 18.0 Å². The highest BCUT2D eigenvalue weighted by Gasteiger charge is 2.51. The fourth-order valence-corrected chi connectivity index (χ4v) is 4.80. The van der Waals surface area contributed by atoms with Crippen molar-refractivity contribution in [3.8, 4) is 11.4 Å². The minimum atomic E-state index is -4.83. The van der Waals surface area contributed by atoms with Crippen molar-refractivity contribution in [3.63, 3.8) is 0 Å². The lowest BCUT2D eigenvalue weighted by Crippen LogP contribution is -2.56. The van der Waals surface area contributed by atoms with E-state index >= 15 is 0 Å². The molecule has 1 amide bonds. The highest BCUT2D eigenvalue weighted by Crippen LogP contribution is 2.46. The number of halogens is 6. The van der Waals surface area contributed by atoms with Crippen molar-refractivity contribution in [1.82, 2.24) is 19.4 Å². The van der Waals surface area contributed by atoms with Crippen LogP contribution in [-0.2, 0) is 4.74 Å². The Kier molecular flexibility index (Phi) is 6.78. The van der Waals surface area contributed by atoms with Gasteiger partial charge in [-0.1, -0.05) is 6.07 Å². The first-order valence-corrected chi connectivity index (χ1v) is 12.7. The number of hydrogen-bond donors (Lipinski definition) is 0. The van der Waals surface area contributed by atoms with Gasteiger partial charge in [-0.05, 0) is 57.2 Å². The number of carbonyl (C=O) groups is 1. The van der Waals surface area contributed by atoms with E-state index in [2.05, 4.69) is 14.7 Å². The summed E-state index contributed by atoms with van der Waals surface area (Å²) < 4.78 is 88.7. The van der Waals surface area contributed by atoms with Gasteiger partial charge in [0, 0.05) is 37.9 Å². The highest BCUT2D eigenvalue weighted by atomic mass is 19.4. The number of fused-ring (bicyclic) bond motifs is 1. The van der Waals surface area contributed by atoms with E-state index in [9.17, 15) is 31.1 Å². The number of hydrogen-bond acceptors (Lipinski definition) is 6. The maximum Gasteiger partial charge on any atom is 0.573 e. The molecule has 1 atom stereocenters. The molecule has 1 saturated carbocycles. The fourth-order valence-electron chi connectivity index (χ4n) is 4.80. The highest BCUT2D eigenvalue weighted by molar-refractivity contribution is 5.93. The first-order valence-electron chi connectivity index (χ1n) is 12.7. The molecule has 1 aliphatic heterocycles. The second kappa shape index (κ2) is 9.73. The van der Waals surface area contributed by atoms with Crippen LogP contribution in [0.25, 0.3) is 16.7 Å². The molecule has 3 heterocycles. The smallest absolute Gasteiger partial charge is 0.434 e. The predicted octanol–water partition coefficient (Wildman–Crippen LogP) is 6.18. The largest absolute Gasteiger partial charge is 0.573 e. The molecule has 216 valence electrons. The maximum atomic E-state index is 13.2. The molecule has 8 nitrogen and oxygen atoms in total. The van der Waals surface area contributed by atoms with E-state index in [0.29, 0.717) is 17.2 Å². The number of aromatic nitrogens is 3. The van der Waals surface area contributed by atoms with Gasteiger partial charge in [0.25, 0.3) is 0 Å². The number of rotatable bonds is 5. The van der Waals surface area contributed by atoms with Crippen molar-refractivity contribution < 1.29 is 40.6 Å². The molecule has 0 spiro atoms. The van der Waals surface area contributed by atoms with Gasteiger partial charge >= 0.3 is 18.6 Å². The Bertz CT molecular complexity index is 1420. The minimum Gasteiger partial charge on any atom is -0.434 e. The van der Waals surface area contributed by atoms with Crippen molar-refractivity contribution in [2.75, 3.05) is 24.5 Å². The van der Waals surface area contributed by atoms with Gasteiger partial charge in [0.1, 0.15) is 23.5 Å². The van der Waals surface area contributed by atoms with Crippen LogP contribution in [0.3, 0.4) is 0 Å². The fraction of sp³-hybridized carbons (Fsp3) is 0.500. The number of piperazine rings is 1. The van der Waals surface area contributed by atoms with Crippen LogP contribution < -0.4 is 9.64 Å². The topological polar surface area (TPSA) is 72.7 Å². The summed E-state index contributed by atoms with van der Waals surface area (Å²) in [5.74, 6) is 0.461. The van der Waals surface area contributed by atoms with Gasteiger partial charge in [0.2, 0.25) is 5.60 Å². The molecule has 5 rings (SSSR count). The van der Waals surface area contributed by atoms with Crippen molar-refractivity contribution in [1.29, 1.82) is 0 Å². The lowest BCUT2D eigenvalue weighted by molar-refractivity contribution is -0.274. The Morgan fingerprint density at radius 3 is 2.40 bits per heavy atom. The molecule has 0 radical (unpaired) electrons. The second-order valence-electron chi connectivity index (χ2n) is 10.5. The molecular weight excluding hydrogens is 544 g/mol. The van der Waals surface area contributed by atoms with E-state index in [4.69, 9.17) is 4.74 Å². The zero-order chi connectivity index (χ0) is 29.0. The summed E-state index contributed by atoms with van der Waals surface area (Å²) in [7, 11) is 0. The standard InChI is InChI=1S/C26H27F6N5O3/c1-15-12-35(23(38)40-24(2,3)25(27,28)29)9-10-36(15)21-20-19(16-7-8-16)13-37(22(20)34-14-33-21)17-5-4-6-18(11-17)39-26(30,31)32/h4-6,11,13-16H,7-10,12H2,1-3H3/t15-/m0/s1. The molecule has 3 aromatic rings. The Morgan fingerprint density at radius 2 is 1.77 bits per heavy atom. The van der Waals surface area contributed by atoms with Crippen LogP contribution in [0.15, 0.2) is 36.8 Å². The second-order valence-corrected chi connectivity index (χ2v) is 10.5. The zero-order valence-corrected chi connectivity index (χ0v) is 21.9. The van der Waals surface area contributed by atoms with Crippen molar-refractivity contribution in [2.24, 2.45) is 0 Å². The van der Waals surface area contributed by atoms with Gasteiger partial charge in [-0.3, -0.25) is 0 Å². The molecule has 2 aromatic heterocycles. The summed E-state index contributed by atoms with van der Waals surface area (Å²) in [6.45, 7) is 3.93. The van der Waals surface area contributed by atoms with Crippen LogP contribution in [0.2, 0.25) is 0 Å². The van der Waals surface area contributed by atoms with Gasteiger partial charge in [-0.15, -0.1) is 13.2 Å². The lowest BCUT2D eigenvalue weighted by Gasteiger charge is -2.41. The molecule has 2 aliphatic rings. The van der Waals surface area contributed by atoms with Crippen LogP contribution in [0.5, 0.6) is 5.75 Å². The number of benzene rings is 1. The normalized spacial score (nSPS) is 18.8. The van der Waals surface area contributed by atoms with Crippen LogP contribution in [0.4, 0.5) is 37.0 Å². The Balaban J connectivity index is 1.45. The van der Waals surface area contributed by atoms with Crippen LogP contribution in [-0.4, -0.2) is 69.3 Å². The summed E-state index contributed by atoms with van der Waals surface area (Å²) in [4.78, 5) is 24.7. The minimum absolute atomic E-state index is 0.106. The van der Waals surface area contributed by atoms with Gasteiger partial charge in [-0.25, -0.2) is 14.8 Å². The van der Waals surface area contributed by atoms with Crippen molar-refractivity contribution >= 4 is 22.9 Å². The Hall–Kier alpha value is -3.71. The molecule has 1 aromatic carbocycles. The Labute approximate surface area is 225 Å². The molecular formula is C26H27F6N5O3. The van der Waals surface area contributed by atoms with E-state index in [0.717, 1.165) is 37.6 Å². The molecule has 1 saturated heterocycles. The van der Waals surface area contributed by atoms with Gasteiger partial charge < -0.3 is 23.8 Å².